The Bertz CT molecular complexity index is 1450. The van der Waals surface area contributed by atoms with Gasteiger partial charge in [0, 0.05) is 35.7 Å². The number of amides is 1. The van der Waals surface area contributed by atoms with E-state index in [-0.39, 0.29) is 24.4 Å². The molecule has 0 spiro atoms. The number of rotatable bonds is 10. The van der Waals surface area contributed by atoms with Crippen LogP contribution in [0.1, 0.15) is 23.2 Å². The van der Waals surface area contributed by atoms with E-state index in [4.69, 9.17) is 9.47 Å². The highest BCUT2D eigenvalue weighted by atomic mass is 16.6. The minimum Gasteiger partial charge on any atom is -0.457 e. The summed E-state index contributed by atoms with van der Waals surface area (Å²) in [6.07, 6.45) is 1.34. The van der Waals surface area contributed by atoms with Crippen molar-refractivity contribution in [3.8, 4) is 11.5 Å². The molecule has 0 bridgehead atoms. The lowest BCUT2D eigenvalue weighted by Crippen LogP contribution is -2.17. The molecule has 0 aliphatic rings. The van der Waals surface area contributed by atoms with E-state index in [1.165, 1.54) is 36.4 Å². The van der Waals surface area contributed by atoms with Crippen LogP contribution in [0.4, 0.5) is 11.4 Å². The summed E-state index contributed by atoms with van der Waals surface area (Å²) in [7, 11) is 0. The fourth-order valence-electron chi connectivity index (χ4n) is 3.42. The van der Waals surface area contributed by atoms with Gasteiger partial charge in [-0.05, 0) is 48.5 Å². The van der Waals surface area contributed by atoms with Crippen molar-refractivity contribution in [1.82, 2.24) is 4.98 Å². The molecule has 10 nitrogen and oxygen atoms in total. The molecule has 10 heteroatoms. The topological polar surface area (TPSA) is 138 Å². The van der Waals surface area contributed by atoms with Crippen molar-refractivity contribution in [2.45, 2.75) is 12.8 Å². The summed E-state index contributed by atoms with van der Waals surface area (Å²) in [4.78, 5) is 51.2. The standard InChI is InChI=1S/C27H21N3O7/c31-24(18-6-10-21(11-7-18)37-22-12-8-20(9-13-22)30(34)35)17-36-26(33)15-14-25(32)29-23-5-1-3-19-4-2-16-28-27(19)23/h1-13,16H,14-15,17H2,(H,29,32). The van der Waals surface area contributed by atoms with Crippen molar-refractivity contribution >= 4 is 39.9 Å². The Balaban J connectivity index is 1.22. The van der Waals surface area contributed by atoms with Crippen molar-refractivity contribution < 1.29 is 28.8 Å². The van der Waals surface area contributed by atoms with E-state index in [1.807, 2.05) is 12.1 Å². The van der Waals surface area contributed by atoms with Crippen molar-refractivity contribution in [2.75, 3.05) is 11.9 Å². The molecule has 4 rings (SSSR count). The van der Waals surface area contributed by atoms with Crippen LogP contribution in [-0.2, 0) is 14.3 Å². The van der Waals surface area contributed by atoms with Crippen LogP contribution >= 0.6 is 0 Å². The summed E-state index contributed by atoms with van der Waals surface area (Å²) < 4.78 is 10.6. The summed E-state index contributed by atoms with van der Waals surface area (Å²) in [6, 6.07) is 20.8. The van der Waals surface area contributed by atoms with Crippen LogP contribution in [0.5, 0.6) is 11.5 Å². The first-order chi connectivity index (χ1) is 17.9. The second-order valence-electron chi connectivity index (χ2n) is 7.89. The number of ether oxygens (including phenoxy) is 2. The Morgan fingerprint density at radius 2 is 1.54 bits per heavy atom. The normalized spacial score (nSPS) is 10.5. The van der Waals surface area contributed by atoms with Gasteiger partial charge >= 0.3 is 5.97 Å². The lowest BCUT2D eigenvalue weighted by Gasteiger charge is -2.08. The summed E-state index contributed by atoms with van der Waals surface area (Å²) in [5.74, 6) is -0.626. The average Bonchev–Trinajstić information content (AvgIpc) is 2.91. The average molecular weight is 499 g/mol. The monoisotopic (exact) mass is 499 g/mol. The number of pyridine rings is 1. The third kappa shape index (κ3) is 6.73. The van der Waals surface area contributed by atoms with Crippen LogP contribution < -0.4 is 10.1 Å². The molecule has 37 heavy (non-hydrogen) atoms. The Morgan fingerprint density at radius 3 is 2.24 bits per heavy atom. The van der Waals surface area contributed by atoms with Gasteiger partial charge in [-0.25, -0.2) is 0 Å². The van der Waals surface area contributed by atoms with Gasteiger partial charge in [-0.3, -0.25) is 29.5 Å². The number of ketones is 1. The number of hydrogen-bond acceptors (Lipinski definition) is 8. The first-order valence-corrected chi connectivity index (χ1v) is 11.2. The van der Waals surface area contributed by atoms with E-state index in [9.17, 15) is 24.5 Å². The predicted octanol–water partition coefficient (Wildman–Crippen LogP) is 5.08. The number of nitro benzene ring substituents is 1. The molecule has 0 aliphatic heterocycles. The number of nitrogens with zero attached hydrogens (tertiary/aromatic N) is 2. The second-order valence-corrected chi connectivity index (χ2v) is 7.89. The Hall–Kier alpha value is -5.12. The summed E-state index contributed by atoms with van der Waals surface area (Å²) >= 11 is 0. The number of hydrogen-bond donors (Lipinski definition) is 1. The van der Waals surface area contributed by atoms with Crippen LogP contribution in [0.3, 0.4) is 0 Å². The number of benzene rings is 3. The quantitative estimate of drug-likeness (QED) is 0.138. The molecular weight excluding hydrogens is 478 g/mol. The van der Waals surface area contributed by atoms with Crippen LogP contribution in [0, 0.1) is 10.1 Å². The fraction of sp³-hybridized carbons (Fsp3) is 0.111. The molecule has 3 aromatic carbocycles. The van der Waals surface area contributed by atoms with Crippen molar-refractivity contribution in [2.24, 2.45) is 0 Å². The van der Waals surface area contributed by atoms with Crippen LogP contribution in [0.2, 0.25) is 0 Å². The number of nitrogens with one attached hydrogen (secondary N) is 1. The van der Waals surface area contributed by atoms with Gasteiger partial charge in [-0.2, -0.15) is 0 Å². The van der Waals surface area contributed by atoms with E-state index in [2.05, 4.69) is 10.3 Å². The molecule has 0 aliphatic carbocycles. The minimum atomic E-state index is -0.669. The third-order valence-electron chi connectivity index (χ3n) is 5.29. The van der Waals surface area contributed by atoms with Crippen molar-refractivity contribution in [3.63, 3.8) is 0 Å². The summed E-state index contributed by atoms with van der Waals surface area (Å²) in [5.41, 5.74) is 1.46. The maximum Gasteiger partial charge on any atom is 0.306 e. The maximum absolute atomic E-state index is 12.4. The van der Waals surface area contributed by atoms with E-state index in [1.54, 1.807) is 36.5 Å². The van der Waals surface area contributed by atoms with Gasteiger partial charge < -0.3 is 14.8 Å². The van der Waals surface area contributed by atoms with Gasteiger partial charge in [0.05, 0.1) is 22.5 Å². The summed E-state index contributed by atoms with van der Waals surface area (Å²) in [5, 5.41) is 14.3. The molecule has 0 saturated carbocycles. The SMILES string of the molecule is O=C(CCC(=O)OCC(=O)c1ccc(Oc2ccc([N+](=O)[O-])cc2)cc1)Nc1cccc2cccnc12. The van der Waals surface area contributed by atoms with E-state index < -0.39 is 23.3 Å². The molecule has 1 aromatic heterocycles. The van der Waals surface area contributed by atoms with Crippen LogP contribution in [-0.4, -0.2) is 34.2 Å². The smallest absolute Gasteiger partial charge is 0.306 e. The van der Waals surface area contributed by atoms with E-state index >= 15 is 0 Å². The molecule has 0 unspecified atom stereocenters. The molecule has 0 saturated heterocycles. The predicted molar refractivity (Wildman–Crippen MR) is 135 cm³/mol. The van der Waals surface area contributed by atoms with Crippen molar-refractivity contribution in [3.05, 3.63) is 101 Å². The zero-order chi connectivity index (χ0) is 26.2. The fourth-order valence-corrected chi connectivity index (χ4v) is 3.42. The zero-order valence-electron chi connectivity index (χ0n) is 19.5. The van der Waals surface area contributed by atoms with Gasteiger partial charge in [0.25, 0.3) is 5.69 Å². The highest BCUT2D eigenvalue weighted by Gasteiger charge is 2.13. The largest absolute Gasteiger partial charge is 0.457 e. The van der Waals surface area contributed by atoms with E-state index in [0.29, 0.717) is 28.3 Å². The molecule has 1 amide bonds. The number of esters is 1. The minimum absolute atomic E-state index is 0.0504. The van der Waals surface area contributed by atoms with Gasteiger partial charge in [-0.1, -0.05) is 18.2 Å². The highest BCUT2D eigenvalue weighted by molar-refractivity contribution is 6.01. The Morgan fingerprint density at radius 1 is 0.865 bits per heavy atom. The lowest BCUT2D eigenvalue weighted by molar-refractivity contribution is -0.384. The van der Waals surface area contributed by atoms with Gasteiger partial charge in [-0.15, -0.1) is 0 Å². The number of non-ortho nitro benzene ring substituents is 1. The number of Topliss-reactive ketones (excluding diaryl/α,β-unsaturated/α-hetero) is 1. The number of carbonyl (C=O) groups is 3. The molecule has 1 N–H and O–H groups in total. The number of fused-ring (bicyclic) bond motifs is 1. The molecule has 186 valence electrons. The molecule has 1 heterocycles. The number of para-hydroxylation sites is 1. The molecule has 0 fully saturated rings. The lowest BCUT2D eigenvalue weighted by atomic mass is 10.1. The first-order valence-electron chi connectivity index (χ1n) is 11.2. The second kappa shape index (κ2) is 11.5. The van der Waals surface area contributed by atoms with Crippen LogP contribution in [0.25, 0.3) is 10.9 Å². The number of anilines is 1. The molecule has 0 radical (unpaired) electrons. The highest BCUT2D eigenvalue weighted by Crippen LogP contribution is 2.24. The zero-order valence-corrected chi connectivity index (χ0v) is 19.5. The first kappa shape index (κ1) is 25.0. The number of aromatic nitrogens is 1. The maximum atomic E-state index is 12.4. The number of carbonyl (C=O) groups excluding carboxylic acids is 3. The Kier molecular flexibility index (Phi) is 7.79. The van der Waals surface area contributed by atoms with Gasteiger partial charge in [0.1, 0.15) is 11.5 Å². The molecule has 4 aromatic rings. The summed E-state index contributed by atoms with van der Waals surface area (Å²) in [6.45, 7) is -0.462. The molecule has 0 atom stereocenters. The van der Waals surface area contributed by atoms with Gasteiger partial charge in [0.2, 0.25) is 5.91 Å². The van der Waals surface area contributed by atoms with Crippen molar-refractivity contribution in [1.29, 1.82) is 0 Å². The molecular formula is C27H21N3O7. The Labute approximate surface area is 211 Å². The van der Waals surface area contributed by atoms with Gasteiger partial charge in [0.15, 0.2) is 12.4 Å². The van der Waals surface area contributed by atoms with Crippen LogP contribution in [0.15, 0.2) is 85.1 Å². The van der Waals surface area contributed by atoms with E-state index in [0.717, 1.165) is 5.39 Å². The number of nitro groups is 1. The third-order valence-corrected chi connectivity index (χ3v) is 5.29.